The highest BCUT2D eigenvalue weighted by molar-refractivity contribution is 6.30. The summed E-state index contributed by atoms with van der Waals surface area (Å²) in [5.74, 6) is 0.928. The number of hydrogen-bond acceptors (Lipinski definition) is 2. The number of ether oxygens (including phenoxy) is 1. The number of halogens is 1. The van der Waals surface area contributed by atoms with Crippen LogP contribution in [0.15, 0.2) is 54.6 Å². The molecule has 0 amide bonds. The summed E-state index contributed by atoms with van der Waals surface area (Å²) in [7, 11) is 0. The van der Waals surface area contributed by atoms with E-state index in [4.69, 9.17) is 16.3 Å². The zero-order chi connectivity index (χ0) is 13.5. The molecule has 2 rings (SSSR count). The summed E-state index contributed by atoms with van der Waals surface area (Å²) in [6.07, 6.45) is 1.20. The third kappa shape index (κ3) is 4.42. The maximum Gasteiger partial charge on any atom is 0.163 e. The Morgan fingerprint density at radius 3 is 2.37 bits per heavy atom. The fourth-order valence-corrected chi connectivity index (χ4v) is 1.85. The average molecular weight is 275 g/mol. The Morgan fingerprint density at radius 2 is 1.68 bits per heavy atom. The summed E-state index contributed by atoms with van der Waals surface area (Å²) in [6.45, 7) is 0.528. The minimum Gasteiger partial charge on any atom is -0.494 e. The van der Waals surface area contributed by atoms with Gasteiger partial charge in [0, 0.05) is 17.0 Å². The Balaban J connectivity index is 1.72. The van der Waals surface area contributed by atoms with Crippen molar-refractivity contribution >= 4 is 17.4 Å². The molecule has 0 saturated carbocycles. The third-order valence-corrected chi connectivity index (χ3v) is 2.98. The first-order valence-electron chi connectivity index (χ1n) is 6.22. The van der Waals surface area contributed by atoms with Crippen molar-refractivity contribution in [3.05, 3.63) is 65.2 Å². The molecule has 0 atom stereocenters. The lowest BCUT2D eigenvalue weighted by Gasteiger charge is -2.05. The predicted octanol–water partition coefficient (Wildman–Crippen LogP) is 4.38. The van der Waals surface area contributed by atoms with Crippen molar-refractivity contribution in [2.45, 2.75) is 12.8 Å². The summed E-state index contributed by atoms with van der Waals surface area (Å²) >= 11 is 5.78. The number of benzene rings is 2. The standard InChI is InChI=1S/C16H15ClO2/c17-14-8-10-15(11-9-14)19-12-4-7-16(18)13-5-2-1-3-6-13/h1-3,5-6,8-11H,4,7,12H2. The quantitative estimate of drug-likeness (QED) is 0.577. The van der Waals surface area contributed by atoms with Crippen molar-refractivity contribution in [2.75, 3.05) is 6.61 Å². The van der Waals surface area contributed by atoms with Crippen LogP contribution in [0.4, 0.5) is 0 Å². The van der Waals surface area contributed by atoms with Crippen LogP contribution in [-0.4, -0.2) is 12.4 Å². The van der Waals surface area contributed by atoms with E-state index in [1.165, 1.54) is 0 Å². The van der Waals surface area contributed by atoms with Crippen molar-refractivity contribution in [1.29, 1.82) is 0 Å². The summed E-state index contributed by atoms with van der Waals surface area (Å²) in [5, 5.41) is 0.687. The van der Waals surface area contributed by atoms with Gasteiger partial charge < -0.3 is 4.74 Å². The van der Waals surface area contributed by atoms with E-state index in [9.17, 15) is 4.79 Å². The topological polar surface area (TPSA) is 26.3 Å². The zero-order valence-electron chi connectivity index (χ0n) is 10.5. The Bertz CT molecular complexity index is 520. The first-order valence-corrected chi connectivity index (χ1v) is 6.60. The maximum atomic E-state index is 11.8. The number of Topliss-reactive ketones (excluding diaryl/α,β-unsaturated/α-hetero) is 1. The highest BCUT2D eigenvalue weighted by Crippen LogP contribution is 2.16. The second-order valence-corrected chi connectivity index (χ2v) is 4.63. The second kappa shape index (κ2) is 6.95. The minimum atomic E-state index is 0.153. The minimum absolute atomic E-state index is 0.153. The molecule has 0 bridgehead atoms. The van der Waals surface area contributed by atoms with Crippen LogP contribution in [0.1, 0.15) is 23.2 Å². The molecule has 2 aromatic carbocycles. The van der Waals surface area contributed by atoms with Gasteiger partial charge in [-0.1, -0.05) is 41.9 Å². The fourth-order valence-electron chi connectivity index (χ4n) is 1.72. The molecule has 0 saturated heterocycles. The molecule has 0 aliphatic heterocycles. The first kappa shape index (κ1) is 13.6. The summed E-state index contributed by atoms with van der Waals surface area (Å²) in [6, 6.07) is 16.5. The van der Waals surface area contributed by atoms with Crippen LogP contribution in [0.3, 0.4) is 0 Å². The number of ketones is 1. The van der Waals surface area contributed by atoms with Crippen molar-refractivity contribution in [1.82, 2.24) is 0 Å². The van der Waals surface area contributed by atoms with Crippen LogP contribution in [0.25, 0.3) is 0 Å². The summed E-state index contributed by atoms with van der Waals surface area (Å²) in [4.78, 5) is 11.8. The molecule has 2 nitrogen and oxygen atoms in total. The van der Waals surface area contributed by atoms with E-state index in [1.807, 2.05) is 42.5 Å². The molecule has 98 valence electrons. The highest BCUT2D eigenvalue weighted by atomic mass is 35.5. The molecule has 0 unspecified atom stereocenters. The molecule has 0 fully saturated rings. The second-order valence-electron chi connectivity index (χ2n) is 4.20. The molecule has 0 heterocycles. The van der Waals surface area contributed by atoms with E-state index in [0.717, 1.165) is 11.3 Å². The van der Waals surface area contributed by atoms with Crippen molar-refractivity contribution in [3.8, 4) is 5.75 Å². The van der Waals surface area contributed by atoms with E-state index >= 15 is 0 Å². The lowest BCUT2D eigenvalue weighted by molar-refractivity contribution is 0.0973. The van der Waals surface area contributed by atoms with Gasteiger partial charge in [-0.2, -0.15) is 0 Å². The van der Waals surface area contributed by atoms with Crippen molar-refractivity contribution < 1.29 is 9.53 Å². The number of rotatable bonds is 6. The predicted molar refractivity (Wildman–Crippen MR) is 77.0 cm³/mol. The SMILES string of the molecule is O=C(CCCOc1ccc(Cl)cc1)c1ccccc1. The molecule has 0 radical (unpaired) electrons. The van der Waals surface area contributed by atoms with Gasteiger partial charge in [-0.15, -0.1) is 0 Å². The van der Waals surface area contributed by atoms with E-state index in [2.05, 4.69) is 0 Å². The van der Waals surface area contributed by atoms with Crippen LogP contribution in [0, 0.1) is 0 Å². The first-order chi connectivity index (χ1) is 9.25. The van der Waals surface area contributed by atoms with E-state index in [0.29, 0.717) is 24.5 Å². The van der Waals surface area contributed by atoms with Gasteiger partial charge in [0.15, 0.2) is 5.78 Å². The number of hydrogen-bond donors (Lipinski definition) is 0. The highest BCUT2D eigenvalue weighted by Gasteiger charge is 2.04. The average Bonchev–Trinajstić information content (AvgIpc) is 2.46. The van der Waals surface area contributed by atoms with E-state index in [1.54, 1.807) is 12.1 Å². The lowest BCUT2D eigenvalue weighted by atomic mass is 10.1. The molecule has 0 aliphatic rings. The molecule has 0 spiro atoms. The van der Waals surface area contributed by atoms with Gasteiger partial charge in [0.2, 0.25) is 0 Å². The molecule has 0 aliphatic carbocycles. The van der Waals surface area contributed by atoms with Crippen LogP contribution in [0.5, 0.6) is 5.75 Å². The molecule has 2 aromatic rings. The Morgan fingerprint density at radius 1 is 1.00 bits per heavy atom. The Kier molecular flexibility index (Phi) is 4.99. The van der Waals surface area contributed by atoms with Crippen molar-refractivity contribution in [2.24, 2.45) is 0 Å². The zero-order valence-corrected chi connectivity index (χ0v) is 11.3. The van der Waals surface area contributed by atoms with Crippen LogP contribution >= 0.6 is 11.6 Å². The van der Waals surface area contributed by atoms with Gasteiger partial charge in [0.05, 0.1) is 6.61 Å². The summed E-state index contributed by atoms with van der Waals surface area (Å²) < 4.78 is 5.54. The van der Waals surface area contributed by atoms with Gasteiger partial charge >= 0.3 is 0 Å². The lowest BCUT2D eigenvalue weighted by Crippen LogP contribution is -2.03. The van der Waals surface area contributed by atoms with Crippen LogP contribution in [-0.2, 0) is 0 Å². The number of carbonyl (C=O) groups excluding carboxylic acids is 1. The molecular formula is C16H15ClO2. The maximum absolute atomic E-state index is 11.8. The molecule has 3 heteroatoms. The van der Waals surface area contributed by atoms with Gasteiger partial charge in [-0.05, 0) is 30.7 Å². The molecule has 0 aromatic heterocycles. The largest absolute Gasteiger partial charge is 0.494 e. The smallest absolute Gasteiger partial charge is 0.163 e. The Labute approximate surface area is 118 Å². The normalized spacial score (nSPS) is 10.2. The Hall–Kier alpha value is -1.80. The van der Waals surface area contributed by atoms with Gasteiger partial charge in [0.1, 0.15) is 5.75 Å². The van der Waals surface area contributed by atoms with Crippen LogP contribution in [0.2, 0.25) is 5.02 Å². The summed E-state index contributed by atoms with van der Waals surface area (Å²) in [5.41, 5.74) is 0.758. The van der Waals surface area contributed by atoms with Crippen LogP contribution < -0.4 is 4.74 Å². The molecule has 19 heavy (non-hydrogen) atoms. The van der Waals surface area contributed by atoms with Crippen molar-refractivity contribution in [3.63, 3.8) is 0 Å². The number of carbonyl (C=O) groups is 1. The third-order valence-electron chi connectivity index (χ3n) is 2.73. The van der Waals surface area contributed by atoms with Gasteiger partial charge in [0.25, 0.3) is 0 Å². The van der Waals surface area contributed by atoms with Gasteiger partial charge in [-0.25, -0.2) is 0 Å². The van der Waals surface area contributed by atoms with Gasteiger partial charge in [-0.3, -0.25) is 4.79 Å². The monoisotopic (exact) mass is 274 g/mol. The van der Waals surface area contributed by atoms with E-state index in [-0.39, 0.29) is 5.78 Å². The fraction of sp³-hybridized carbons (Fsp3) is 0.188. The molecular weight excluding hydrogens is 260 g/mol. The molecule has 0 N–H and O–H groups in total. The van der Waals surface area contributed by atoms with E-state index < -0.39 is 0 Å².